The number of ether oxygens (including phenoxy) is 1. The summed E-state index contributed by atoms with van der Waals surface area (Å²) in [6, 6.07) is 15.1. The number of nitrogens with zero attached hydrogens (tertiary/aromatic N) is 1. The van der Waals surface area contributed by atoms with E-state index >= 15 is 0 Å². The molecule has 0 aromatic heterocycles. The Kier molecular flexibility index (Phi) is 7.84. The van der Waals surface area contributed by atoms with Gasteiger partial charge in [0.2, 0.25) is 0 Å². The Morgan fingerprint density at radius 2 is 1.90 bits per heavy atom. The molecule has 30 heavy (non-hydrogen) atoms. The summed E-state index contributed by atoms with van der Waals surface area (Å²) in [7, 11) is 0. The lowest BCUT2D eigenvalue weighted by atomic mass is 9.98. The van der Waals surface area contributed by atoms with Crippen molar-refractivity contribution in [3.05, 3.63) is 65.7 Å². The van der Waals surface area contributed by atoms with Crippen LogP contribution in [-0.2, 0) is 27.4 Å². The van der Waals surface area contributed by atoms with Gasteiger partial charge in [-0.3, -0.25) is 4.79 Å². The van der Waals surface area contributed by atoms with Crippen LogP contribution in [0.2, 0.25) is 0 Å². The highest BCUT2D eigenvalue weighted by atomic mass is 79.9. The first kappa shape index (κ1) is 21.8. The van der Waals surface area contributed by atoms with Crippen molar-refractivity contribution in [1.29, 1.82) is 0 Å². The molecule has 0 saturated carbocycles. The van der Waals surface area contributed by atoms with E-state index in [9.17, 15) is 14.7 Å². The van der Waals surface area contributed by atoms with Gasteiger partial charge in [-0.05, 0) is 52.0 Å². The molecule has 2 N–H and O–H groups in total. The number of benzene rings is 2. The predicted molar refractivity (Wildman–Crippen MR) is 115 cm³/mol. The second-order valence-corrected chi connectivity index (χ2v) is 7.95. The minimum absolute atomic E-state index is 0.119. The molecule has 0 unspecified atom stereocenters. The maximum atomic E-state index is 12.8. The molecular formula is C22H23BrN2O5. The van der Waals surface area contributed by atoms with E-state index in [0.717, 1.165) is 15.7 Å². The normalized spacial score (nSPS) is 16.3. The lowest BCUT2D eigenvalue weighted by Gasteiger charge is -2.18. The van der Waals surface area contributed by atoms with Crippen LogP contribution in [0.15, 0.2) is 59.8 Å². The van der Waals surface area contributed by atoms with Crippen molar-refractivity contribution >= 4 is 32.4 Å². The summed E-state index contributed by atoms with van der Waals surface area (Å²) in [5, 5.41) is 16.0. The van der Waals surface area contributed by atoms with E-state index in [-0.39, 0.29) is 30.7 Å². The smallest absolute Gasteiger partial charge is 0.408 e. The maximum absolute atomic E-state index is 12.8. The summed E-state index contributed by atoms with van der Waals surface area (Å²) >= 11 is 3.28. The van der Waals surface area contributed by atoms with Crippen LogP contribution >= 0.6 is 15.9 Å². The molecule has 2 aromatic carbocycles. The fourth-order valence-corrected chi connectivity index (χ4v) is 3.49. The largest absolute Gasteiger partial charge is 0.508 e. The molecule has 7 nitrogen and oxygen atoms in total. The molecule has 0 bridgehead atoms. The number of alkyl carbamates (subject to hydrolysis) is 1. The monoisotopic (exact) mass is 474 g/mol. The Hall–Kier alpha value is -2.87. The van der Waals surface area contributed by atoms with Gasteiger partial charge in [-0.2, -0.15) is 0 Å². The van der Waals surface area contributed by atoms with Crippen LogP contribution < -0.4 is 5.32 Å². The maximum Gasteiger partial charge on any atom is 0.408 e. The molecule has 1 heterocycles. The Morgan fingerprint density at radius 1 is 1.17 bits per heavy atom. The van der Waals surface area contributed by atoms with Gasteiger partial charge in [-0.25, -0.2) is 4.79 Å². The minimum atomic E-state index is -0.747. The van der Waals surface area contributed by atoms with Crippen molar-refractivity contribution in [1.82, 2.24) is 5.32 Å². The molecule has 1 aliphatic heterocycles. The Bertz CT molecular complexity index is 886. The highest BCUT2D eigenvalue weighted by Gasteiger charge is 2.25. The summed E-state index contributed by atoms with van der Waals surface area (Å²) in [5.41, 5.74) is 1.68. The third-order valence-corrected chi connectivity index (χ3v) is 5.15. The number of Topliss-reactive ketones (excluding diaryl/α,β-unsaturated/α-hetero) is 1. The van der Waals surface area contributed by atoms with Gasteiger partial charge in [0, 0.05) is 12.8 Å². The highest BCUT2D eigenvalue weighted by Crippen LogP contribution is 2.19. The SMILES string of the molecule is O=C(N[C@@H](Cc1ccc(O)cc1)C(=O)CC[C@@H]1CC(Br)=NO1)OCc1ccccc1. The molecule has 0 aliphatic carbocycles. The lowest BCUT2D eigenvalue weighted by molar-refractivity contribution is -0.121. The third kappa shape index (κ3) is 6.88. The quantitative estimate of drug-likeness (QED) is 0.570. The topological polar surface area (TPSA) is 97.2 Å². The number of aromatic hydroxyl groups is 1. The Balaban J connectivity index is 1.58. The van der Waals surface area contributed by atoms with E-state index < -0.39 is 12.1 Å². The number of nitrogens with one attached hydrogen (secondary N) is 1. The molecule has 2 aromatic rings. The Morgan fingerprint density at radius 3 is 2.57 bits per heavy atom. The number of phenols is 1. The zero-order valence-corrected chi connectivity index (χ0v) is 17.9. The molecule has 2 atom stereocenters. The van der Waals surface area contributed by atoms with Gasteiger partial charge in [0.05, 0.1) is 6.04 Å². The van der Waals surface area contributed by atoms with Crippen molar-refractivity contribution in [2.75, 3.05) is 0 Å². The highest BCUT2D eigenvalue weighted by molar-refractivity contribution is 9.18. The number of hydrogen-bond donors (Lipinski definition) is 2. The number of amides is 1. The summed E-state index contributed by atoms with van der Waals surface area (Å²) in [6.45, 7) is 0.119. The van der Waals surface area contributed by atoms with Crippen LogP contribution in [0, 0.1) is 0 Å². The van der Waals surface area contributed by atoms with Crippen molar-refractivity contribution in [3.63, 3.8) is 0 Å². The molecule has 158 valence electrons. The van der Waals surface area contributed by atoms with Crippen molar-refractivity contribution in [3.8, 4) is 5.75 Å². The van der Waals surface area contributed by atoms with Crippen LogP contribution in [0.25, 0.3) is 0 Å². The molecule has 0 spiro atoms. The van der Waals surface area contributed by atoms with Crippen LogP contribution in [0.3, 0.4) is 0 Å². The Labute approximate surface area is 183 Å². The van der Waals surface area contributed by atoms with Gasteiger partial charge >= 0.3 is 6.09 Å². The zero-order valence-electron chi connectivity index (χ0n) is 16.3. The van der Waals surface area contributed by atoms with Gasteiger partial charge < -0.3 is 20.0 Å². The molecule has 3 rings (SSSR count). The van der Waals surface area contributed by atoms with Crippen molar-refractivity contribution < 1.29 is 24.3 Å². The van der Waals surface area contributed by atoms with Crippen LogP contribution in [0.1, 0.15) is 30.4 Å². The molecule has 0 saturated heterocycles. The van der Waals surface area contributed by atoms with Crippen LogP contribution in [0.4, 0.5) is 4.79 Å². The van der Waals surface area contributed by atoms with Gasteiger partial charge in [-0.1, -0.05) is 47.6 Å². The number of carbonyl (C=O) groups excluding carboxylic acids is 2. The molecule has 1 aliphatic rings. The van der Waals surface area contributed by atoms with E-state index in [1.165, 1.54) is 0 Å². The zero-order chi connectivity index (χ0) is 21.3. The molecular weight excluding hydrogens is 452 g/mol. The average molecular weight is 475 g/mol. The van der Waals surface area contributed by atoms with Crippen LogP contribution in [0.5, 0.6) is 5.75 Å². The first-order valence-electron chi connectivity index (χ1n) is 9.65. The fourth-order valence-electron chi connectivity index (χ4n) is 3.05. The van der Waals surface area contributed by atoms with Crippen LogP contribution in [-0.4, -0.2) is 33.7 Å². The number of rotatable bonds is 9. The first-order chi connectivity index (χ1) is 14.5. The lowest BCUT2D eigenvalue weighted by Crippen LogP contribution is -2.42. The number of oxime groups is 1. The van der Waals surface area contributed by atoms with Crippen molar-refractivity contribution in [2.45, 2.75) is 44.4 Å². The predicted octanol–water partition coefficient (Wildman–Crippen LogP) is 4.08. The third-order valence-electron chi connectivity index (χ3n) is 4.68. The molecule has 1 amide bonds. The number of halogens is 1. The summed E-state index contributed by atoms with van der Waals surface area (Å²) < 4.78 is 5.99. The number of phenolic OH excluding ortho intramolecular Hbond substituents is 1. The van der Waals surface area contributed by atoms with Crippen molar-refractivity contribution in [2.24, 2.45) is 5.16 Å². The van der Waals surface area contributed by atoms with Gasteiger partial charge in [-0.15, -0.1) is 0 Å². The standard InChI is InChI=1S/C22H23BrN2O5/c23-21-13-18(30-25-21)10-11-20(27)19(12-15-6-8-17(26)9-7-15)24-22(28)29-14-16-4-2-1-3-5-16/h1-9,18-19,26H,10-14H2,(H,24,28)/t18-,19+/m1/s1. The van der Waals surface area contributed by atoms with E-state index in [0.29, 0.717) is 19.3 Å². The summed E-state index contributed by atoms with van der Waals surface area (Å²) in [6.07, 6.45) is 0.863. The molecule has 0 radical (unpaired) electrons. The van der Waals surface area contributed by atoms with Gasteiger partial charge in [0.15, 0.2) is 5.78 Å². The van der Waals surface area contributed by atoms with Gasteiger partial charge in [0.25, 0.3) is 0 Å². The first-order valence-corrected chi connectivity index (χ1v) is 10.4. The second-order valence-electron chi connectivity index (χ2n) is 7.03. The van der Waals surface area contributed by atoms with E-state index in [1.807, 2.05) is 30.3 Å². The number of carbonyl (C=O) groups is 2. The van der Waals surface area contributed by atoms with E-state index in [2.05, 4.69) is 26.4 Å². The molecule has 8 heteroatoms. The van der Waals surface area contributed by atoms with E-state index in [1.54, 1.807) is 24.3 Å². The minimum Gasteiger partial charge on any atom is -0.508 e. The summed E-state index contributed by atoms with van der Waals surface area (Å²) in [4.78, 5) is 30.4. The summed E-state index contributed by atoms with van der Waals surface area (Å²) in [5.74, 6) is 0.0205. The van der Waals surface area contributed by atoms with E-state index in [4.69, 9.17) is 9.57 Å². The average Bonchev–Trinajstić information content (AvgIpc) is 3.17. The number of hydrogen-bond acceptors (Lipinski definition) is 6. The number of ketones is 1. The molecule has 0 fully saturated rings. The second kappa shape index (κ2) is 10.8. The fraction of sp³-hybridized carbons (Fsp3) is 0.318. The van der Waals surface area contributed by atoms with Gasteiger partial charge in [0.1, 0.15) is 23.1 Å².